The van der Waals surface area contributed by atoms with Crippen molar-refractivity contribution in [1.82, 2.24) is 5.32 Å². The maximum Gasteiger partial charge on any atom is 0.311 e. The zero-order valence-corrected chi connectivity index (χ0v) is 15.8. The molecule has 2 amide bonds. The Bertz CT molecular complexity index is 768. The molecule has 7 nitrogen and oxygen atoms in total. The predicted octanol–water partition coefficient (Wildman–Crippen LogP) is 2.03. The van der Waals surface area contributed by atoms with E-state index >= 15 is 0 Å². The van der Waals surface area contributed by atoms with Crippen LogP contribution >= 0.6 is 0 Å². The highest BCUT2D eigenvalue weighted by Crippen LogP contribution is 2.33. The molecule has 0 radical (unpaired) electrons. The van der Waals surface area contributed by atoms with Gasteiger partial charge in [-0.3, -0.25) is 19.3 Å². The molecule has 0 saturated heterocycles. The van der Waals surface area contributed by atoms with Crippen molar-refractivity contribution in [1.29, 1.82) is 0 Å². The van der Waals surface area contributed by atoms with Crippen LogP contribution in [0.4, 0.5) is 11.4 Å². The highest BCUT2D eigenvalue weighted by molar-refractivity contribution is 6.09. The van der Waals surface area contributed by atoms with Gasteiger partial charge in [0.25, 0.3) is 5.91 Å². The highest BCUT2D eigenvalue weighted by Gasteiger charge is 2.26. The quantitative estimate of drug-likeness (QED) is 0.786. The van der Waals surface area contributed by atoms with E-state index in [0.717, 1.165) is 11.1 Å². The fraction of sp³-hybridized carbons (Fsp3) is 0.421. The first-order valence-electron chi connectivity index (χ1n) is 8.47. The van der Waals surface area contributed by atoms with Crippen LogP contribution in [0.15, 0.2) is 23.9 Å². The van der Waals surface area contributed by atoms with Crippen LogP contribution in [-0.2, 0) is 19.1 Å². The summed E-state index contributed by atoms with van der Waals surface area (Å²) in [4.78, 5) is 38.0. The van der Waals surface area contributed by atoms with Gasteiger partial charge in [0, 0.05) is 17.8 Å². The molecule has 0 atom stereocenters. The number of fused-ring (bicyclic) bond motifs is 1. The van der Waals surface area contributed by atoms with E-state index in [1.165, 1.54) is 18.1 Å². The van der Waals surface area contributed by atoms with Crippen molar-refractivity contribution in [2.75, 3.05) is 23.9 Å². The normalized spacial score (nSPS) is 13.5. The Kier molecular flexibility index (Phi) is 6.02. The lowest BCUT2D eigenvalue weighted by atomic mass is 10.1. The van der Waals surface area contributed by atoms with Crippen molar-refractivity contribution in [2.45, 2.75) is 40.2 Å². The molecular formula is C19H25N3O4. The van der Waals surface area contributed by atoms with E-state index in [1.807, 2.05) is 39.8 Å². The Labute approximate surface area is 153 Å². The molecule has 1 heterocycles. The zero-order chi connectivity index (χ0) is 19.4. The first kappa shape index (κ1) is 19.5. The lowest BCUT2D eigenvalue weighted by Gasteiger charge is -2.23. The highest BCUT2D eigenvalue weighted by atomic mass is 16.5. The molecule has 2 rings (SSSR count). The Balaban J connectivity index is 2.43. The number of hydrogen-bond donors (Lipinski definition) is 2. The first-order chi connectivity index (χ1) is 12.2. The number of ether oxygens (including phenoxy) is 1. The van der Waals surface area contributed by atoms with Gasteiger partial charge in [0.1, 0.15) is 6.54 Å². The van der Waals surface area contributed by atoms with Gasteiger partial charge in [0.05, 0.1) is 24.9 Å². The van der Waals surface area contributed by atoms with Gasteiger partial charge >= 0.3 is 5.97 Å². The molecule has 0 aromatic heterocycles. The van der Waals surface area contributed by atoms with Crippen molar-refractivity contribution >= 4 is 29.2 Å². The number of hydrogen-bond acceptors (Lipinski definition) is 5. The lowest BCUT2D eigenvalue weighted by Crippen LogP contribution is -2.42. The third-order valence-corrected chi connectivity index (χ3v) is 4.08. The molecule has 7 heteroatoms. The van der Waals surface area contributed by atoms with Crippen molar-refractivity contribution < 1.29 is 19.1 Å². The van der Waals surface area contributed by atoms with Gasteiger partial charge in [-0.2, -0.15) is 0 Å². The molecule has 26 heavy (non-hydrogen) atoms. The Morgan fingerprint density at radius 3 is 2.50 bits per heavy atom. The number of esters is 1. The average Bonchev–Trinajstić information content (AvgIpc) is 2.65. The summed E-state index contributed by atoms with van der Waals surface area (Å²) in [7, 11) is 1.30. The van der Waals surface area contributed by atoms with E-state index in [-0.39, 0.29) is 30.8 Å². The van der Waals surface area contributed by atoms with E-state index in [2.05, 4.69) is 15.4 Å². The fourth-order valence-electron chi connectivity index (χ4n) is 2.68. The van der Waals surface area contributed by atoms with Crippen LogP contribution < -0.4 is 15.5 Å². The van der Waals surface area contributed by atoms with Crippen LogP contribution in [0, 0.1) is 13.8 Å². The molecule has 0 bridgehead atoms. The summed E-state index contributed by atoms with van der Waals surface area (Å²) in [6.45, 7) is 7.53. The average molecular weight is 359 g/mol. The SMILES string of the molecule is COC(=O)CC1=CC(=O)N(CC(=O)NC(C)C)c2cc(C)c(C)cc2N1. The minimum atomic E-state index is -0.451. The second kappa shape index (κ2) is 8.03. The Morgan fingerprint density at radius 2 is 1.88 bits per heavy atom. The van der Waals surface area contributed by atoms with Crippen LogP contribution in [0.3, 0.4) is 0 Å². The summed E-state index contributed by atoms with van der Waals surface area (Å²) in [5.74, 6) is -1.06. The molecule has 0 fully saturated rings. The number of nitrogens with one attached hydrogen (secondary N) is 2. The second-order valence-electron chi connectivity index (χ2n) is 6.65. The largest absolute Gasteiger partial charge is 0.469 e. The number of carbonyl (C=O) groups is 3. The Morgan fingerprint density at radius 1 is 1.23 bits per heavy atom. The molecule has 0 spiro atoms. The van der Waals surface area contributed by atoms with E-state index in [0.29, 0.717) is 17.1 Å². The minimum absolute atomic E-state index is 0.0210. The number of methoxy groups -OCH3 is 1. The maximum absolute atomic E-state index is 12.8. The van der Waals surface area contributed by atoms with Gasteiger partial charge in [0.15, 0.2) is 0 Å². The maximum atomic E-state index is 12.8. The number of benzene rings is 1. The molecule has 2 N–H and O–H groups in total. The van der Waals surface area contributed by atoms with Crippen LogP contribution in [0.2, 0.25) is 0 Å². The van der Waals surface area contributed by atoms with Crippen LogP contribution in [0.1, 0.15) is 31.4 Å². The van der Waals surface area contributed by atoms with Crippen LogP contribution in [0.5, 0.6) is 0 Å². The first-order valence-corrected chi connectivity index (χ1v) is 8.47. The number of nitrogens with zero attached hydrogens (tertiary/aromatic N) is 1. The number of aryl methyl sites for hydroxylation is 2. The molecular weight excluding hydrogens is 334 g/mol. The summed E-state index contributed by atoms with van der Waals surface area (Å²) in [5, 5.41) is 5.93. The van der Waals surface area contributed by atoms with Crippen molar-refractivity contribution in [3.63, 3.8) is 0 Å². The Hall–Kier alpha value is -2.83. The minimum Gasteiger partial charge on any atom is -0.469 e. The van der Waals surface area contributed by atoms with E-state index in [9.17, 15) is 14.4 Å². The smallest absolute Gasteiger partial charge is 0.311 e. The molecule has 1 aliphatic heterocycles. The number of rotatable bonds is 5. The standard InChI is InChI=1S/C19H25N3O4/c1-11(2)20-17(23)10-22-16-7-13(4)12(3)6-15(16)21-14(8-18(22)24)9-19(25)26-5/h6-8,11,21H,9-10H2,1-5H3,(H,20,23). The lowest BCUT2D eigenvalue weighted by molar-refractivity contribution is -0.139. The third kappa shape index (κ3) is 4.62. The molecule has 1 aromatic rings. The molecule has 0 saturated carbocycles. The van der Waals surface area contributed by atoms with Crippen molar-refractivity contribution in [3.05, 3.63) is 35.0 Å². The topological polar surface area (TPSA) is 87.7 Å². The fourth-order valence-corrected chi connectivity index (χ4v) is 2.68. The number of amides is 2. The number of anilines is 2. The van der Waals surface area contributed by atoms with E-state index < -0.39 is 5.97 Å². The van der Waals surface area contributed by atoms with Crippen molar-refractivity contribution in [2.24, 2.45) is 0 Å². The monoisotopic (exact) mass is 359 g/mol. The van der Waals surface area contributed by atoms with Gasteiger partial charge in [-0.25, -0.2) is 0 Å². The van der Waals surface area contributed by atoms with E-state index in [4.69, 9.17) is 0 Å². The second-order valence-corrected chi connectivity index (χ2v) is 6.65. The van der Waals surface area contributed by atoms with Crippen molar-refractivity contribution in [3.8, 4) is 0 Å². The molecule has 140 valence electrons. The molecule has 0 unspecified atom stereocenters. The predicted molar refractivity (Wildman–Crippen MR) is 99.9 cm³/mol. The van der Waals surface area contributed by atoms with Crippen LogP contribution in [0.25, 0.3) is 0 Å². The van der Waals surface area contributed by atoms with Gasteiger partial charge in [0.2, 0.25) is 5.91 Å². The zero-order valence-electron chi connectivity index (χ0n) is 15.8. The summed E-state index contributed by atoms with van der Waals surface area (Å²) in [5.41, 5.74) is 3.75. The number of carbonyl (C=O) groups excluding carboxylic acids is 3. The molecule has 0 aliphatic carbocycles. The summed E-state index contributed by atoms with van der Waals surface area (Å²) in [6.07, 6.45) is 1.28. The van der Waals surface area contributed by atoms with Gasteiger partial charge in [-0.15, -0.1) is 0 Å². The van der Waals surface area contributed by atoms with E-state index in [1.54, 1.807) is 0 Å². The molecule has 1 aliphatic rings. The van der Waals surface area contributed by atoms with Crippen LogP contribution in [-0.4, -0.2) is 37.5 Å². The molecule has 1 aromatic carbocycles. The third-order valence-electron chi connectivity index (χ3n) is 4.08. The summed E-state index contributed by atoms with van der Waals surface area (Å²) in [6, 6.07) is 3.75. The summed E-state index contributed by atoms with van der Waals surface area (Å²) < 4.78 is 4.69. The van der Waals surface area contributed by atoms with Gasteiger partial charge < -0.3 is 15.4 Å². The van der Waals surface area contributed by atoms with Gasteiger partial charge in [-0.05, 0) is 51.0 Å². The van der Waals surface area contributed by atoms with Gasteiger partial charge in [-0.1, -0.05) is 0 Å². The summed E-state index contributed by atoms with van der Waals surface area (Å²) >= 11 is 0.